The monoisotopic (exact) mass is 263 g/mol. The molecule has 1 aromatic rings. The summed E-state index contributed by atoms with van der Waals surface area (Å²) < 4.78 is 38.9. The molecule has 0 radical (unpaired) electrons. The highest BCUT2D eigenvalue weighted by molar-refractivity contribution is 7.89. The van der Waals surface area contributed by atoms with Crippen LogP contribution in [0.15, 0.2) is 29.2 Å². The molecule has 1 fully saturated rings. The van der Waals surface area contributed by atoms with Gasteiger partial charge in [0.1, 0.15) is 5.82 Å². The van der Waals surface area contributed by atoms with Gasteiger partial charge in [0.05, 0.1) is 4.90 Å². The van der Waals surface area contributed by atoms with Crippen molar-refractivity contribution in [3.8, 4) is 0 Å². The molecule has 0 saturated heterocycles. The zero-order chi connectivity index (χ0) is 11.8. The molecule has 0 aliphatic heterocycles. The molecular weight excluding hydrogens is 253 g/mol. The van der Waals surface area contributed by atoms with E-state index in [2.05, 4.69) is 4.72 Å². The summed E-state index contributed by atoms with van der Waals surface area (Å²) in [5.74, 6) is -0.563. The van der Waals surface area contributed by atoms with E-state index < -0.39 is 15.8 Å². The molecule has 0 spiro atoms. The standard InChI is InChI=1S/C10H11ClFNO2S/c11-7-4-9(5-7)13-16(14,15)10-3-1-2-8(12)6-10/h1-3,6-7,9,13H,4-5H2. The molecule has 0 aromatic heterocycles. The van der Waals surface area contributed by atoms with Gasteiger partial charge >= 0.3 is 0 Å². The highest BCUT2D eigenvalue weighted by atomic mass is 35.5. The average molecular weight is 264 g/mol. The second kappa shape index (κ2) is 4.31. The molecule has 1 saturated carbocycles. The molecule has 0 atom stereocenters. The van der Waals surface area contributed by atoms with Crippen molar-refractivity contribution in [2.45, 2.75) is 29.2 Å². The minimum absolute atomic E-state index is 0.0419. The van der Waals surface area contributed by atoms with Gasteiger partial charge < -0.3 is 0 Å². The number of hydrogen-bond donors (Lipinski definition) is 1. The van der Waals surface area contributed by atoms with Crippen LogP contribution in [0.4, 0.5) is 4.39 Å². The summed E-state index contributed by atoms with van der Waals surface area (Å²) in [6, 6.07) is 4.81. The number of alkyl halides is 1. The molecule has 0 amide bonds. The Morgan fingerprint density at radius 2 is 2.06 bits per heavy atom. The largest absolute Gasteiger partial charge is 0.240 e. The molecule has 0 heterocycles. The number of nitrogens with one attached hydrogen (secondary N) is 1. The Morgan fingerprint density at radius 3 is 2.62 bits per heavy atom. The fourth-order valence-electron chi connectivity index (χ4n) is 1.57. The van der Waals surface area contributed by atoms with E-state index in [0.717, 1.165) is 6.07 Å². The first-order valence-electron chi connectivity index (χ1n) is 4.89. The van der Waals surface area contributed by atoms with E-state index in [1.165, 1.54) is 18.2 Å². The Hall–Kier alpha value is -0.650. The molecule has 3 nitrogen and oxygen atoms in total. The van der Waals surface area contributed by atoms with E-state index in [-0.39, 0.29) is 16.3 Å². The van der Waals surface area contributed by atoms with Crippen LogP contribution in [0.25, 0.3) is 0 Å². The smallest absolute Gasteiger partial charge is 0.208 e. The molecule has 1 aromatic carbocycles. The van der Waals surface area contributed by atoms with E-state index in [1.807, 2.05) is 0 Å². The van der Waals surface area contributed by atoms with Crippen molar-refractivity contribution < 1.29 is 12.8 Å². The van der Waals surface area contributed by atoms with E-state index in [9.17, 15) is 12.8 Å². The maximum Gasteiger partial charge on any atom is 0.240 e. The van der Waals surface area contributed by atoms with Gasteiger partial charge in [-0.2, -0.15) is 0 Å². The Morgan fingerprint density at radius 1 is 1.38 bits per heavy atom. The first-order chi connectivity index (χ1) is 7.47. The van der Waals surface area contributed by atoms with Crippen molar-refractivity contribution in [3.63, 3.8) is 0 Å². The number of rotatable bonds is 3. The molecule has 0 unspecified atom stereocenters. The van der Waals surface area contributed by atoms with Crippen LogP contribution in [0.3, 0.4) is 0 Å². The molecule has 1 aliphatic rings. The lowest BCUT2D eigenvalue weighted by molar-refractivity contribution is 0.391. The molecule has 1 N–H and O–H groups in total. The Labute approximate surface area is 98.7 Å². The van der Waals surface area contributed by atoms with Crippen molar-refractivity contribution >= 4 is 21.6 Å². The minimum atomic E-state index is -3.61. The van der Waals surface area contributed by atoms with E-state index in [1.54, 1.807) is 0 Å². The van der Waals surface area contributed by atoms with Gasteiger partial charge in [0.25, 0.3) is 0 Å². The second-order valence-electron chi connectivity index (χ2n) is 3.84. The normalized spacial score (nSPS) is 25.1. The minimum Gasteiger partial charge on any atom is -0.208 e. The van der Waals surface area contributed by atoms with Crippen molar-refractivity contribution in [3.05, 3.63) is 30.1 Å². The van der Waals surface area contributed by atoms with Crippen molar-refractivity contribution in [2.75, 3.05) is 0 Å². The summed E-state index contributed by atoms with van der Waals surface area (Å²) >= 11 is 5.75. The highest BCUT2D eigenvalue weighted by Gasteiger charge is 2.31. The fourth-order valence-corrected chi connectivity index (χ4v) is 3.29. The Kier molecular flexibility index (Phi) is 3.19. The maximum atomic E-state index is 12.9. The van der Waals surface area contributed by atoms with Gasteiger partial charge in [0, 0.05) is 11.4 Å². The third kappa shape index (κ3) is 2.53. The van der Waals surface area contributed by atoms with E-state index in [4.69, 9.17) is 11.6 Å². The number of halogens is 2. The Bertz CT molecular complexity index is 485. The van der Waals surface area contributed by atoms with Crippen LogP contribution in [0, 0.1) is 5.82 Å². The van der Waals surface area contributed by atoms with Crippen LogP contribution in [-0.4, -0.2) is 19.8 Å². The summed E-state index contributed by atoms with van der Waals surface area (Å²) in [5, 5.41) is 0.0419. The van der Waals surface area contributed by atoms with Crippen LogP contribution in [0.2, 0.25) is 0 Å². The van der Waals surface area contributed by atoms with Gasteiger partial charge in [0.2, 0.25) is 10.0 Å². The van der Waals surface area contributed by atoms with Crippen LogP contribution in [0.1, 0.15) is 12.8 Å². The van der Waals surface area contributed by atoms with Gasteiger partial charge in [-0.3, -0.25) is 0 Å². The first kappa shape index (κ1) is 11.8. The fraction of sp³-hybridized carbons (Fsp3) is 0.400. The zero-order valence-corrected chi connectivity index (χ0v) is 9.93. The molecule has 1 aliphatic carbocycles. The molecular formula is C10H11ClFNO2S. The van der Waals surface area contributed by atoms with Crippen LogP contribution in [-0.2, 0) is 10.0 Å². The topological polar surface area (TPSA) is 46.2 Å². The van der Waals surface area contributed by atoms with Gasteiger partial charge in [-0.15, -0.1) is 11.6 Å². The third-order valence-corrected chi connectivity index (χ3v) is 4.38. The lowest BCUT2D eigenvalue weighted by Gasteiger charge is -2.31. The lowest BCUT2D eigenvalue weighted by Crippen LogP contribution is -2.44. The molecule has 2 rings (SSSR count). The summed E-state index contributed by atoms with van der Waals surface area (Å²) in [4.78, 5) is -0.0504. The van der Waals surface area contributed by atoms with E-state index >= 15 is 0 Å². The van der Waals surface area contributed by atoms with Crippen molar-refractivity contribution in [1.82, 2.24) is 4.72 Å². The van der Waals surface area contributed by atoms with Gasteiger partial charge in [-0.25, -0.2) is 17.5 Å². The van der Waals surface area contributed by atoms with Gasteiger partial charge in [0.15, 0.2) is 0 Å². The Balaban J connectivity index is 2.13. The van der Waals surface area contributed by atoms with Crippen LogP contribution in [0.5, 0.6) is 0 Å². The van der Waals surface area contributed by atoms with Crippen LogP contribution < -0.4 is 4.72 Å². The maximum absolute atomic E-state index is 12.9. The van der Waals surface area contributed by atoms with Gasteiger partial charge in [-0.05, 0) is 31.0 Å². The average Bonchev–Trinajstić information content (AvgIpc) is 2.15. The lowest BCUT2D eigenvalue weighted by atomic mass is 9.94. The van der Waals surface area contributed by atoms with Crippen LogP contribution >= 0.6 is 11.6 Å². The summed E-state index contributed by atoms with van der Waals surface area (Å²) in [7, 11) is -3.61. The predicted molar refractivity (Wildman–Crippen MR) is 59.4 cm³/mol. The number of sulfonamides is 1. The molecule has 0 bridgehead atoms. The second-order valence-corrected chi connectivity index (χ2v) is 6.18. The molecule has 6 heteroatoms. The van der Waals surface area contributed by atoms with Gasteiger partial charge in [-0.1, -0.05) is 6.07 Å². The SMILES string of the molecule is O=S(=O)(NC1CC(Cl)C1)c1cccc(F)c1. The van der Waals surface area contributed by atoms with Crippen molar-refractivity contribution in [2.24, 2.45) is 0 Å². The molecule has 16 heavy (non-hydrogen) atoms. The first-order valence-corrected chi connectivity index (χ1v) is 6.81. The zero-order valence-electron chi connectivity index (χ0n) is 8.36. The highest BCUT2D eigenvalue weighted by Crippen LogP contribution is 2.26. The van der Waals surface area contributed by atoms with Crippen molar-refractivity contribution in [1.29, 1.82) is 0 Å². The summed E-state index contributed by atoms with van der Waals surface area (Å²) in [6.07, 6.45) is 1.24. The predicted octanol–water partition coefficient (Wildman–Crippen LogP) is 1.87. The summed E-state index contributed by atoms with van der Waals surface area (Å²) in [6.45, 7) is 0. The number of benzene rings is 1. The quantitative estimate of drug-likeness (QED) is 0.847. The number of hydrogen-bond acceptors (Lipinski definition) is 2. The third-order valence-electron chi connectivity index (χ3n) is 2.51. The summed E-state index contributed by atoms with van der Waals surface area (Å²) in [5.41, 5.74) is 0. The van der Waals surface area contributed by atoms with E-state index in [0.29, 0.717) is 12.8 Å². The molecule has 88 valence electrons.